The Hall–Kier alpha value is -3.03. The van der Waals surface area contributed by atoms with Gasteiger partial charge in [-0.3, -0.25) is 9.52 Å². The van der Waals surface area contributed by atoms with Crippen molar-refractivity contribution in [3.8, 4) is 5.75 Å². The van der Waals surface area contributed by atoms with E-state index in [1.165, 1.54) is 30.3 Å². The molecule has 0 bridgehead atoms. The molecule has 0 saturated carbocycles. The first-order valence-electron chi connectivity index (χ1n) is 9.22. The molecule has 3 aromatic rings. The van der Waals surface area contributed by atoms with E-state index >= 15 is 0 Å². The van der Waals surface area contributed by atoms with Crippen LogP contribution in [0.15, 0.2) is 71.6 Å². The zero-order valence-electron chi connectivity index (χ0n) is 16.5. The van der Waals surface area contributed by atoms with Crippen LogP contribution < -0.4 is 14.8 Å². The van der Waals surface area contributed by atoms with Gasteiger partial charge in [-0.1, -0.05) is 41.4 Å². The lowest BCUT2D eigenvalue weighted by Gasteiger charge is -2.13. The smallest absolute Gasteiger partial charge is 0.261 e. The zero-order valence-corrected chi connectivity index (χ0v) is 18.0. The Balaban J connectivity index is 1.78. The first kappa shape index (κ1) is 21.7. The van der Waals surface area contributed by atoms with Gasteiger partial charge < -0.3 is 10.1 Å². The standard InChI is InChI=1S/C22H21ClN2O4S/c1-3-29-21-7-5-4-6-20(21)24-22(26)16-10-13-19(18(23)14-16)25-30(27,28)17-11-8-15(2)9-12-17/h4-14,25H,3H2,1-2H3,(H,24,26). The molecule has 1 amide bonds. The minimum atomic E-state index is -3.80. The van der Waals surface area contributed by atoms with E-state index in [1.54, 1.807) is 30.3 Å². The minimum Gasteiger partial charge on any atom is -0.492 e. The fourth-order valence-corrected chi connectivity index (χ4v) is 4.07. The second kappa shape index (κ2) is 9.19. The third kappa shape index (κ3) is 5.11. The molecule has 0 spiro atoms. The molecule has 6 nitrogen and oxygen atoms in total. The lowest BCUT2D eigenvalue weighted by atomic mass is 10.2. The van der Waals surface area contributed by atoms with Crippen molar-refractivity contribution in [1.82, 2.24) is 0 Å². The molecule has 3 aromatic carbocycles. The van der Waals surface area contributed by atoms with Gasteiger partial charge in [0.2, 0.25) is 0 Å². The van der Waals surface area contributed by atoms with Gasteiger partial charge >= 0.3 is 0 Å². The van der Waals surface area contributed by atoms with Crippen molar-refractivity contribution in [3.63, 3.8) is 0 Å². The van der Waals surface area contributed by atoms with Crippen molar-refractivity contribution in [2.45, 2.75) is 18.7 Å². The summed E-state index contributed by atoms with van der Waals surface area (Å²) in [5.74, 6) is 0.166. The lowest BCUT2D eigenvalue weighted by Crippen LogP contribution is -2.15. The van der Waals surface area contributed by atoms with Crippen LogP contribution in [0.2, 0.25) is 5.02 Å². The molecular formula is C22H21ClN2O4S. The first-order chi connectivity index (χ1) is 14.3. The van der Waals surface area contributed by atoms with Gasteiger partial charge in [-0.05, 0) is 56.3 Å². The summed E-state index contributed by atoms with van der Waals surface area (Å²) >= 11 is 6.24. The van der Waals surface area contributed by atoms with Crippen molar-refractivity contribution < 1.29 is 17.9 Å². The predicted octanol–water partition coefficient (Wildman–Crippen LogP) is 5.10. The first-order valence-corrected chi connectivity index (χ1v) is 11.1. The van der Waals surface area contributed by atoms with Gasteiger partial charge in [0.1, 0.15) is 5.75 Å². The number of benzene rings is 3. The van der Waals surface area contributed by atoms with E-state index in [2.05, 4.69) is 10.0 Å². The molecule has 30 heavy (non-hydrogen) atoms. The van der Waals surface area contributed by atoms with E-state index in [9.17, 15) is 13.2 Å². The molecule has 0 fully saturated rings. The highest BCUT2D eigenvalue weighted by molar-refractivity contribution is 7.92. The number of rotatable bonds is 7. The summed E-state index contributed by atoms with van der Waals surface area (Å²) in [5.41, 5.74) is 1.95. The molecule has 0 aromatic heterocycles. The number of aryl methyl sites for hydroxylation is 1. The molecule has 156 valence electrons. The second-order valence-corrected chi connectivity index (χ2v) is 8.59. The van der Waals surface area contributed by atoms with Crippen LogP contribution in [-0.2, 0) is 10.0 Å². The van der Waals surface area contributed by atoms with Crippen LogP contribution in [0.4, 0.5) is 11.4 Å². The third-order valence-corrected chi connectivity index (χ3v) is 5.94. The number of carbonyl (C=O) groups is 1. The van der Waals surface area contributed by atoms with E-state index in [0.29, 0.717) is 18.0 Å². The fourth-order valence-electron chi connectivity index (χ4n) is 2.71. The van der Waals surface area contributed by atoms with Gasteiger partial charge in [-0.2, -0.15) is 0 Å². The number of hydrogen-bond donors (Lipinski definition) is 2. The van der Waals surface area contributed by atoms with Gasteiger partial charge in [0.15, 0.2) is 0 Å². The molecular weight excluding hydrogens is 424 g/mol. The van der Waals surface area contributed by atoms with Crippen molar-refractivity contribution in [2.24, 2.45) is 0 Å². The molecule has 0 aliphatic heterocycles. The summed E-state index contributed by atoms with van der Waals surface area (Å²) in [6.07, 6.45) is 0. The second-order valence-electron chi connectivity index (χ2n) is 6.50. The predicted molar refractivity (Wildman–Crippen MR) is 119 cm³/mol. The van der Waals surface area contributed by atoms with Gasteiger partial charge in [0, 0.05) is 5.56 Å². The molecule has 8 heteroatoms. The van der Waals surface area contributed by atoms with Gasteiger partial charge in [-0.15, -0.1) is 0 Å². The zero-order chi connectivity index (χ0) is 21.7. The Morgan fingerprint density at radius 3 is 2.37 bits per heavy atom. The van der Waals surface area contributed by atoms with Gasteiger partial charge in [-0.25, -0.2) is 8.42 Å². The van der Waals surface area contributed by atoms with E-state index < -0.39 is 15.9 Å². The van der Waals surface area contributed by atoms with Crippen LogP contribution >= 0.6 is 11.6 Å². The fraction of sp³-hybridized carbons (Fsp3) is 0.136. The van der Waals surface area contributed by atoms with Crippen LogP contribution in [0.3, 0.4) is 0 Å². The number of ether oxygens (including phenoxy) is 1. The number of anilines is 2. The SMILES string of the molecule is CCOc1ccccc1NC(=O)c1ccc(NS(=O)(=O)c2ccc(C)cc2)c(Cl)c1. The lowest BCUT2D eigenvalue weighted by molar-refractivity contribution is 0.102. The molecule has 0 aliphatic rings. The number of amides is 1. The highest BCUT2D eigenvalue weighted by Crippen LogP contribution is 2.28. The highest BCUT2D eigenvalue weighted by atomic mass is 35.5. The summed E-state index contributed by atoms with van der Waals surface area (Å²) < 4.78 is 33.1. The molecule has 0 aliphatic carbocycles. The van der Waals surface area contributed by atoms with E-state index in [1.807, 2.05) is 19.9 Å². The molecule has 0 unspecified atom stereocenters. The molecule has 0 saturated heterocycles. The number of para-hydroxylation sites is 2. The van der Waals surface area contributed by atoms with Gasteiger partial charge in [0.05, 0.1) is 27.9 Å². The molecule has 0 heterocycles. The Bertz CT molecular complexity index is 1160. The van der Waals surface area contributed by atoms with Crippen LogP contribution in [0.5, 0.6) is 5.75 Å². The highest BCUT2D eigenvalue weighted by Gasteiger charge is 2.17. The number of halogens is 1. The van der Waals surface area contributed by atoms with Crippen LogP contribution in [0, 0.1) is 6.92 Å². The Labute approximate surface area is 180 Å². The van der Waals surface area contributed by atoms with E-state index in [4.69, 9.17) is 16.3 Å². The summed E-state index contributed by atoms with van der Waals surface area (Å²) in [4.78, 5) is 12.7. The summed E-state index contributed by atoms with van der Waals surface area (Å²) in [6.45, 7) is 4.19. The van der Waals surface area contributed by atoms with Crippen molar-refractivity contribution in [3.05, 3.63) is 82.9 Å². The number of nitrogens with one attached hydrogen (secondary N) is 2. The molecule has 3 rings (SSSR count). The Morgan fingerprint density at radius 2 is 1.70 bits per heavy atom. The maximum absolute atomic E-state index is 12.6. The summed E-state index contributed by atoms with van der Waals surface area (Å²) in [6, 6.07) is 17.9. The number of sulfonamides is 1. The normalized spacial score (nSPS) is 11.0. The topological polar surface area (TPSA) is 84.5 Å². The minimum absolute atomic E-state index is 0.108. The van der Waals surface area contributed by atoms with E-state index in [-0.39, 0.29) is 21.2 Å². The van der Waals surface area contributed by atoms with Crippen molar-refractivity contribution in [1.29, 1.82) is 0 Å². The van der Waals surface area contributed by atoms with Gasteiger partial charge in [0.25, 0.3) is 15.9 Å². The molecule has 0 atom stereocenters. The van der Waals surface area contributed by atoms with Crippen LogP contribution in [0.1, 0.15) is 22.8 Å². The van der Waals surface area contributed by atoms with E-state index in [0.717, 1.165) is 5.56 Å². The number of carbonyl (C=O) groups excluding carboxylic acids is 1. The number of hydrogen-bond acceptors (Lipinski definition) is 4. The van der Waals surface area contributed by atoms with Crippen molar-refractivity contribution in [2.75, 3.05) is 16.6 Å². The third-order valence-electron chi connectivity index (χ3n) is 4.24. The Kier molecular flexibility index (Phi) is 6.64. The largest absolute Gasteiger partial charge is 0.492 e. The maximum atomic E-state index is 12.6. The maximum Gasteiger partial charge on any atom is 0.261 e. The average molecular weight is 445 g/mol. The molecule has 0 radical (unpaired) electrons. The van der Waals surface area contributed by atoms with Crippen LogP contribution in [0.25, 0.3) is 0 Å². The summed E-state index contributed by atoms with van der Waals surface area (Å²) in [7, 11) is -3.80. The monoisotopic (exact) mass is 444 g/mol. The van der Waals surface area contributed by atoms with Crippen molar-refractivity contribution >= 4 is 38.9 Å². The quantitative estimate of drug-likeness (QED) is 0.531. The molecule has 2 N–H and O–H groups in total. The Morgan fingerprint density at radius 1 is 1.00 bits per heavy atom. The van der Waals surface area contributed by atoms with Crippen LogP contribution in [-0.4, -0.2) is 20.9 Å². The average Bonchev–Trinajstić information content (AvgIpc) is 2.71. The summed E-state index contributed by atoms with van der Waals surface area (Å²) in [5, 5.41) is 2.88.